The molecule has 0 bridgehead atoms. The minimum absolute atomic E-state index is 0.0211. The molecule has 0 radical (unpaired) electrons. The molecule has 4 N–H and O–H groups in total. The molecule has 0 aliphatic rings. The molecule has 0 heterocycles. The Labute approximate surface area is 168 Å². The molecule has 1 atom stereocenters. The number of benzene rings is 2. The number of carbonyl (C=O) groups is 3. The fourth-order valence-electron chi connectivity index (χ4n) is 2.39. The lowest BCUT2D eigenvalue weighted by Crippen LogP contribution is -2.45. The third kappa shape index (κ3) is 6.28. The zero-order chi connectivity index (χ0) is 20.5. The third-order valence-electron chi connectivity index (χ3n) is 3.91. The molecular formula is C20H22ClN3O4. The van der Waals surface area contributed by atoms with Crippen molar-refractivity contribution in [1.29, 1.82) is 0 Å². The van der Waals surface area contributed by atoms with Crippen LogP contribution in [0.5, 0.6) is 5.75 Å². The molecular weight excluding hydrogens is 382 g/mol. The van der Waals surface area contributed by atoms with Crippen LogP contribution in [0.15, 0.2) is 48.5 Å². The average molecular weight is 404 g/mol. The molecule has 3 amide bonds. The van der Waals surface area contributed by atoms with Gasteiger partial charge in [-0.15, -0.1) is 0 Å². The van der Waals surface area contributed by atoms with Gasteiger partial charge in [-0.3, -0.25) is 14.4 Å². The molecule has 1 unspecified atom stereocenters. The van der Waals surface area contributed by atoms with Crippen molar-refractivity contribution in [3.05, 3.63) is 64.7 Å². The van der Waals surface area contributed by atoms with Crippen LogP contribution in [-0.2, 0) is 4.79 Å². The molecule has 0 spiro atoms. The zero-order valence-corrected chi connectivity index (χ0v) is 16.1. The lowest BCUT2D eigenvalue weighted by atomic mass is 10.2. The van der Waals surface area contributed by atoms with Crippen LogP contribution < -0.4 is 16.0 Å². The maximum absolute atomic E-state index is 12.1. The van der Waals surface area contributed by atoms with Crippen molar-refractivity contribution in [3.8, 4) is 5.75 Å². The quantitative estimate of drug-likeness (QED) is 0.506. The molecule has 148 valence electrons. The van der Waals surface area contributed by atoms with Crippen LogP contribution in [0.4, 0.5) is 0 Å². The number of halogens is 1. The van der Waals surface area contributed by atoms with Gasteiger partial charge in [0.05, 0.1) is 10.6 Å². The van der Waals surface area contributed by atoms with Gasteiger partial charge in [0.2, 0.25) is 5.91 Å². The van der Waals surface area contributed by atoms with E-state index in [0.29, 0.717) is 35.7 Å². The Kier molecular flexibility index (Phi) is 7.83. The van der Waals surface area contributed by atoms with Crippen molar-refractivity contribution in [3.63, 3.8) is 0 Å². The highest BCUT2D eigenvalue weighted by Gasteiger charge is 2.17. The van der Waals surface area contributed by atoms with Crippen molar-refractivity contribution in [2.45, 2.75) is 19.4 Å². The zero-order valence-electron chi connectivity index (χ0n) is 15.4. The maximum atomic E-state index is 12.1. The first-order valence-corrected chi connectivity index (χ1v) is 9.16. The van der Waals surface area contributed by atoms with Crippen molar-refractivity contribution in [1.82, 2.24) is 16.0 Å². The van der Waals surface area contributed by atoms with Gasteiger partial charge < -0.3 is 21.1 Å². The van der Waals surface area contributed by atoms with E-state index in [1.807, 2.05) is 0 Å². The lowest BCUT2D eigenvalue weighted by Gasteiger charge is -2.15. The van der Waals surface area contributed by atoms with Gasteiger partial charge in [-0.2, -0.15) is 0 Å². The predicted molar refractivity (Wildman–Crippen MR) is 106 cm³/mol. The summed E-state index contributed by atoms with van der Waals surface area (Å²) >= 11 is 5.97. The first kappa shape index (κ1) is 21.2. The topological polar surface area (TPSA) is 108 Å². The monoisotopic (exact) mass is 403 g/mol. The minimum Gasteiger partial charge on any atom is -0.508 e. The molecule has 0 fully saturated rings. The van der Waals surface area contributed by atoms with Crippen LogP contribution in [-0.4, -0.2) is 42.0 Å². The van der Waals surface area contributed by atoms with Crippen molar-refractivity contribution in [2.75, 3.05) is 13.1 Å². The van der Waals surface area contributed by atoms with Crippen LogP contribution in [0.3, 0.4) is 0 Å². The second kappa shape index (κ2) is 10.3. The van der Waals surface area contributed by atoms with Crippen LogP contribution in [0.1, 0.15) is 34.1 Å². The molecule has 0 saturated heterocycles. The minimum atomic E-state index is -0.731. The number of rotatable bonds is 8. The van der Waals surface area contributed by atoms with Gasteiger partial charge in [0, 0.05) is 18.7 Å². The molecule has 0 aliphatic carbocycles. The maximum Gasteiger partial charge on any atom is 0.253 e. The summed E-state index contributed by atoms with van der Waals surface area (Å²) in [7, 11) is 0. The summed E-state index contributed by atoms with van der Waals surface area (Å²) in [6.07, 6.45) is 0.515. The van der Waals surface area contributed by atoms with Crippen LogP contribution in [0.25, 0.3) is 0 Å². The first-order valence-electron chi connectivity index (χ1n) is 8.79. The standard InChI is InChI=1S/C20H22ClN3O4/c1-13(24-20(28)16-8-2-3-9-17(16)21)18(26)22-10-5-11-23-19(27)14-6-4-7-15(25)12-14/h2-4,6-9,12-13,25H,5,10-11H2,1H3,(H,22,26)(H,23,27)(H,24,28). The van der Waals surface area contributed by atoms with E-state index in [4.69, 9.17) is 11.6 Å². The van der Waals surface area contributed by atoms with E-state index in [9.17, 15) is 19.5 Å². The number of carbonyl (C=O) groups excluding carboxylic acids is 3. The molecule has 0 aliphatic heterocycles. The Morgan fingerprint density at radius 1 is 1.00 bits per heavy atom. The summed E-state index contributed by atoms with van der Waals surface area (Å²) in [5.74, 6) is -1.04. The Hall–Kier alpha value is -3.06. The molecule has 2 rings (SSSR count). The van der Waals surface area contributed by atoms with Gasteiger partial charge in [0.15, 0.2) is 0 Å². The molecule has 2 aromatic carbocycles. The summed E-state index contributed by atoms with van der Waals surface area (Å²) in [6, 6.07) is 11.9. The van der Waals surface area contributed by atoms with E-state index in [1.165, 1.54) is 12.1 Å². The largest absolute Gasteiger partial charge is 0.508 e. The van der Waals surface area contributed by atoms with Crippen LogP contribution in [0.2, 0.25) is 5.02 Å². The fraction of sp³-hybridized carbons (Fsp3) is 0.250. The van der Waals surface area contributed by atoms with Gasteiger partial charge in [-0.05, 0) is 43.7 Å². The summed E-state index contributed by atoms with van der Waals surface area (Å²) in [5, 5.41) is 17.7. The van der Waals surface area contributed by atoms with E-state index in [2.05, 4.69) is 16.0 Å². The SMILES string of the molecule is CC(NC(=O)c1ccccc1Cl)C(=O)NCCCNC(=O)c1cccc(O)c1. The summed E-state index contributed by atoms with van der Waals surface area (Å²) in [4.78, 5) is 36.1. The summed E-state index contributed by atoms with van der Waals surface area (Å²) in [6.45, 7) is 2.27. The number of nitrogens with one attached hydrogen (secondary N) is 3. The van der Waals surface area contributed by atoms with Gasteiger partial charge in [0.1, 0.15) is 11.8 Å². The van der Waals surface area contributed by atoms with E-state index in [0.717, 1.165) is 0 Å². The predicted octanol–water partition coefficient (Wildman–Crippen LogP) is 2.10. The van der Waals surface area contributed by atoms with Crippen LogP contribution >= 0.6 is 11.6 Å². The highest BCUT2D eigenvalue weighted by atomic mass is 35.5. The highest BCUT2D eigenvalue weighted by Crippen LogP contribution is 2.14. The van der Waals surface area contributed by atoms with Gasteiger partial charge in [-0.1, -0.05) is 29.8 Å². The van der Waals surface area contributed by atoms with E-state index >= 15 is 0 Å². The number of amides is 3. The molecule has 0 saturated carbocycles. The van der Waals surface area contributed by atoms with E-state index in [1.54, 1.807) is 43.3 Å². The lowest BCUT2D eigenvalue weighted by molar-refractivity contribution is -0.122. The summed E-state index contributed by atoms with van der Waals surface area (Å²) < 4.78 is 0. The number of phenolic OH excluding ortho intramolecular Hbond substituents is 1. The van der Waals surface area contributed by atoms with Crippen molar-refractivity contribution in [2.24, 2.45) is 0 Å². The average Bonchev–Trinajstić information content (AvgIpc) is 2.67. The second-order valence-electron chi connectivity index (χ2n) is 6.13. The number of hydrogen-bond donors (Lipinski definition) is 4. The molecule has 8 heteroatoms. The normalized spacial score (nSPS) is 11.4. The number of hydrogen-bond acceptors (Lipinski definition) is 4. The van der Waals surface area contributed by atoms with Crippen molar-refractivity contribution < 1.29 is 19.5 Å². The van der Waals surface area contributed by atoms with Gasteiger partial charge >= 0.3 is 0 Å². The first-order chi connectivity index (χ1) is 13.4. The van der Waals surface area contributed by atoms with E-state index < -0.39 is 11.9 Å². The second-order valence-corrected chi connectivity index (χ2v) is 6.53. The van der Waals surface area contributed by atoms with Crippen molar-refractivity contribution >= 4 is 29.3 Å². The summed E-state index contributed by atoms with van der Waals surface area (Å²) in [5.41, 5.74) is 0.665. The molecule has 0 aromatic heterocycles. The van der Waals surface area contributed by atoms with E-state index in [-0.39, 0.29) is 17.6 Å². The Balaban J connectivity index is 1.68. The Bertz CT molecular complexity index is 857. The molecule has 2 aromatic rings. The Morgan fingerprint density at radius 3 is 2.43 bits per heavy atom. The number of phenols is 1. The van der Waals surface area contributed by atoms with Gasteiger partial charge in [-0.25, -0.2) is 0 Å². The molecule has 7 nitrogen and oxygen atoms in total. The third-order valence-corrected chi connectivity index (χ3v) is 4.24. The number of aromatic hydroxyl groups is 1. The Morgan fingerprint density at radius 2 is 1.71 bits per heavy atom. The fourth-order valence-corrected chi connectivity index (χ4v) is 2.61. The van der Waals surface area contributed by atoms with Crippen LogP contribution in [0, 0.1) is 0 Å². The smallest absolute Gasteiger partial charge is 0.253 e. The van der Waals surface area contributed by atoms with Gasteiger partial charge in [0.25, 0.3) is 11.8 Å². The molecule has 28 heavy (non-hydrogen) atoms. The highest BCUT2D eigenvalue weighted by molar-refractivity contribution is 6.33.